The van der Waals surface area contributed by atoms with E-state index < -0.39 is 0 Å². The molecule has 1 aromatic heterocycles. The maximum atomic E-state index is 12.1. The predicted molar refractivity (Wildman–Crippen MR) is 100 cm³/mol. The van der Waals surface area contributed by atoms with Crippen LogP contribution in [0.3, 0.4) is 0 Å². The predicted octanol–water partition coefficient (Wildman–Crippen LogP) is 4.60. The zero-order valence-electron chi connectivity index (χ0n) is 12.9. The Morgan fingerprint density at radius 3 is 2.29 bits per heavy atom. The van der Waals surface area contributed by atoms with Gasteiger partial charge in [-0.05, 0) is 23.1 Å². The van der Waals surface area contributed by atoms with Crippen LogP contribution in [0, 0.1) is 0 Å². The van der Waals surface area contributed by atoms with Crippen molar-refractivity contribution in [1.82, 2.24) is 5.43 Å². The highest BCUT2D eigenvalue weighted by atomic mass is 32.1. The summed E-state index contributed by atoms with van der Waals surface area (Å²) < 4.78 is 0. The van der Waals surface area contributed by atoms with Crippen LogP contribution in [0.15, 0.2) is 89.4 Å². The Hall–Kier alpha value is -2.98. The fraction of sp³-hybridized carbons (Fsp3) is 0. The first-order valence-electron chi connectivity index (χ1n) is 7.53. The van der Waals surface area contributed by atoms with Crippen molar-refractivity contribution in [3.05, 3.63) is 100 Å². The Balaban J connectivity index is 1.83. The van der Waals surface area contributed by atoms with Gasteiger partial charge in [-0.15, -0.1) is 11.3 Å². The van der Waals surface area contributed by atoms with Crippen LogP contribution in [0.25, 0.3) is 6.08 Å². The number of benzene rings is 2. The average molecular weight is 332 g/mol. The highest BCUT2D eigenvalue weighted by Gasteiger charge is 2.06. The third kappa shape index (κ3) is 4.27. The topological polar surface area (TPSA) is 41.5 Å². The minimum Gasteiger partial charge on any atom is -0.266 e. The van der Waals surface area contributed by atoms with Crippen LogP contribution < -0.4 is 5.43 Å². The quantitative estimate of drug-likeness (QED) is 0.538. The first-order valence-corrected chi connectivity index (χ1v) is 8.41. The molecular formula is C20H16N2OS. The molecule has 1 amide bonds. The van der Waals surface area contributed by atoms with Gasteiger partial charge in [-0.25, -0.2) is 5.43 Å². The fourth-order valence-corrected chi connectivity index (χ4v) is 2.73. The molecule has 2 aromatic carbocycles. The lowest BCUT2D eigenvalue weighted by atomic mass is 10.1. The molecule has 0 saturated heterocycles. The van der Waals surface area contributed by atoms with Crippen LogP contribution in [0.1, 0.15) is 20.8 Å². The van der Waals surface area contributed by atoms with Crippen molar-refractivity contribution in [2.24, 2.45) is 5.10 Å². The minimum atomic E-state index is -0.202. The van der Waals surface area contributed by atoms with E-state index in [1.807, 2.05) is 84.3 Å². The van der Waals surface area contributed by atoms with Crippen LogP contribution in [0.5, 0.6) is 0 Å². The minimum absolute atomic E-state index is 0.202. The molecule has 118 valence electrons. The van der Waals surface area contributed by atoms with Gasteiger partial charge in [0.25, 0.3) is 5.91 Å². The van der Waals surface area contributed by atoms with Gasteiger partial charge in [0.15, 0.2) is 0 Å². The third-order valence-corrected chi connectivity index (χ3v) is 4.19. The monoisotopic (exact) mass is 332 g/mol. The smallest absolute Gasteiger partial charge is 0.266 e. The van der Waals surface area contributed by atoms with Gasteiger partial charge in [0, 0.05) is 5.56 Å². The molecule has 0 spiro atoms. The molecule has 3 nitrogen and oxygen atoms in total. The van der Waals surface area contributed by atoms with Crippen LogP contribution in [0.4, 0.5) is 0 Å². The van der Waals surface area contributed by atoms with E-state index in [1.54, 1.807) is 6.07 Å². The number of carbonyl (C=O) groups is 1. The average Bonchev–Trinajstić information content (AvgIpc) is 3.18. The van der Waals surface area contributed by atoms with Crippen LogP contribution >= 0.6 is 11.3 Å². The lowest BCUT2D eigenvalue weighted by Crippen LogP contribution is -2.18. The normalized spacial score (nSPS) is 11.6. The Morgan fingerprint density at radius 1 is 0.917 bits per heavy atom. The molecule has 3 aromatic rings. The summed E-state index contributed by atoms with van der Waals surface area (Å²) >= 11 is 1.39. The molecule has 0 aliphatic heterocycles. The van der Waals surface area contributed by atoms with Crippen molar-refractivity contribution < 1.29 is 4.79 Å². The number of carbonyl (C=O) groups excluding carboxylic acids is 1. The van der Waals surface area contributed by atoms with Gasteiger partial charge in [0.1, 0.15) is 0 Å². The maximum Gasteiger partial charge on any atom is 0.281 e. The molecule has 0 radical (unpaired) electrons. The SMILES string of the molecule is O=C(N/N=C(/C=C\c1ccccc1)c1ccccc1)c1cccs1. The maximum absolute atomic E-state index is 12.1. The van der Waals surface area contributed by atoms with E-state index in [0.29, 0.717) is 10.6 Å². The first kappa shape index (κ1) is 15.9. The van der Waals surface area contributed by atoms with Gasteiger partial charge < -0.3 is 0 Å². The van der Waals surface area contributed by atoms with Gasteiger partial charge >= 0.3 is 0 Å². The third-order valence-electron chi connectivity index (χ3n) is 3.33. The molecule has 0 unspecified atom stereocenters. The van der Waals surface area contributed by atoms with E-state index in [-0.39, 0.29) is 5.91 Å². The number of thiophene rings is 1. The fourth-order valence-electron chi connectivity index (χ4n) is 2.12. The highest BCUT2D eigenvalue weighted by Crippen LogP contribution is 2.09. The summed E-state index contributed by atoms with van der Waals surface area (Å²) in [6, 6.07) is 23.4. The lowest BCUT2D eigenvalue weighted by molar-refractivity contribution is 0.0959. The Labute approximate surface area is 145 Å². The van der Waals surface area contributed by atoms with Crippen molar-refractivity contribution in [2.45, 2.75) is 0 Å². The molecule has 0 atom stereocenters. The second-order valence-corrected chi connectivity index (χ2v) is 5.97. The van der Waals surface area contributed by atoms with Crippen LogP contribution in [-0.2, 0) is 0 Å². The number of hydrogen-bond acceptors (Lipinski definition) is 3. The number of nitrogens with one attached hydrogen (secondary N) is 1. The number of hydrazone groups is 1. The molecule has 0 aliphatic rings. The van der Waals surface area contributed by atoms with Crippen molar-refractivity contribution in [2.75, 3.05) is 0 Å². The number of amides is 1. The molecule has 3 rings (SSSR count). The molecule has 1 heterocycles. The Morgan fingerprint density at radius 2 is 1.62 bits per heavy atom. The van der Waals surface area contributed by atoms with Crippen LogP contribution in [-0.4, -0.2) is 11.6 Å². The molecule has 1 N–H and O–H groups in total. The summed E-state index contributed by atoms with van der Waals surface area (Å²) in [6.07, 6.45) is 3.88. The zero-order chi connectivity index (χ0) is 16.6. The van der Waals surface area contributed by atoms with Gasteiger partial charge in [-0.3, -0.25) is 4.79 Å². The van der Waals surface area contributed by atoms with E-state index in [2.05, 4.69) is 10.5 Å². The summed E-state index contributed by atoms with van der Waals surface area (Å²) in [5.74, 6) is -0.202. The summed E-state index contributed by atoms with van der Waals surface area (Å²) in [5, 5.41) is 6.17. The van der Waals surface area contributed by atoms with Gasteiger partial charge in [0.05, 0.1) is 10.6 Å². The molecule has 4 heteroatoms. The van der Waals surface area contributed by atoms with E-state index in [4.69, 9.17) is 0 Å². The number of nitrogens with zero attached hydrogens (tertiary/aromatic N) is 1. The zero-order valence-corrected chi connectivity index (χ0v) is 13.7. The van der Waals surface area contributed by atoms with E-state index >= 15 is 0 Å². The Kier molecular flexibility index (Phi) is 5.32. The highest BCUT2D eigenvalue weighted by molar-refractivity contribution is 7.12. The van der Waals surface area contributed by atoms with Gasteiger partial charge in [0.2, 0.25) is 0 Å². The van der Waals surface area contributed by atoms with Crippen molar-refractivity contribution in [3.63, 3.8) is 0 Å². The van der Waals surface area contributed by atoms with E-state index in [0.717, 1.165) is 11.1 Å². The number of hydrogen-bond donors (Lipinski definition) is 1. The van der Waals surface area contributed by atoms with E-state index in [1.165, 1.54) is 11.3 Å². The second-order valence-electron chi connectivity index (χ2n) is 5.03. The second kappa shape index (κ2) is 8.04. The Bertz CT molecular complexity index is 838. The van der Waals surface area contributed by atoms with Gasteiger partial charge in [-0.1, -0.05) is 72.8 Å². The molecule has 0 fully saturated rings. The first-order chi connectivity index (χ1) is 11.8. The van der Waals surface area contributed by atoms with Crippen LogP contribution in [0.2, 0.25) is 0 Å². The van der Waals surface area contributed by atoms with Crippen molar-refractivity contribution >= 4 is 29.0 Å². The molecule has 24 heavy (non-hydrogen) atoms. The molecule has 0 bridgehead atoms. The summed E-state index contributed by atoms with van der Waals surface area (Å²) in [6.45, 7) is 0. The van der Waals surface area contributed by atoms with Crippen molar-refractivity contribution in [1.29, 1.82) is 0 Å². The largest absolute Gasteiger partial charge is 0.281 e. The molecule has 0 saturated carbocycles. The molecule has 0 aliphatic carbocycles. The summed E-state index contributed by atoms with van der Waals surface area (Å²) in [4.78, 5) is 12.7. The standard InChI is InChI=1S/C20H16N2OS/c23-20(19-12-7-15-24-19)22-21-18(17-10-5-2-6-11-17)14-13-16-8-3-1-4-9-16/h1-15H,(H,22,23)/b14-13-,21-18-. The van der Waals surface area contributed by atoms with Crippen molar-refractivity contribution in [3.8, 4) is 0 Å². The summed E-state index contributed by atoms with van der Waals surface area (Å²) in [7, 11) is 0. The number of allylic oxidation sites excluding steroid dienone is 1. The van der Waals surface area contributed by atoms with Gasteiger partial charge in [-0.2, -0.15) is 5.10 Å². The van der Waals surface area contributed by atoms with E-state index in [9.17, 15) is 4.79 Å². The lowest BCUT2D eigenvalue weighted by Gasteiger charge is -2.03. The number of rotatable bonds is 5. The molecular weight excluding hydrogens is 316 g/mol. The summed E-state index contributed by atoms with van der Waals surface area (Å²) in [5.41, 5.74) is 5.34.